The number of rotatable bonds is 5. The first-order chi connectivity index (χ1) is 14.7. The van der Waals surface area contributed by atoms with Crippen LogP contribution in [-0.2, 0) is 0 Å². The van der Waals surface area contributed by atoms with Crippen LogP contribution in [0.3, 0.4) is 0 Å². The molecule has 2 aliphatic rings. The van der Waals surface area contributed by atoms with Gasteiger partial charge in [-0.2, -0.15) is 0 Å². The van der Waals surface area contributed by atoms with Crippen molar-refractivity contribution in [1.82, 2.24) is 9.47 Å². The molecule has 2 aliphatic heterocycles. The van der Waals surface area contributed by atoms with Crippen LogP contribution >= 0.6 is 0 Å². The number of likely N-dealkylation sites (tertiary alicyclic amines) is 1. The Morgan fingerprint density at radius 1 is 1.10 bits per heavy atom. The Kier molecular flexibility index (Phi) is 4.99. The summed E-state index contributed by atoms with van der Waals surface area (Å²) in [5.41, 5.74) is 3.55. The van der Waals surface area contributed by atoms with Crippen molar-refractivity contribution in [3.8, 4) is 11.5 Å². The summed E-state index contributed by atoms with van der Waals surface area (Å²) in [5, 5.41) is 0.981. The summed E-state index contributed by atoms with van der Waals surface area (Å²) < 4.78 is 13.8. The van der Waals surface area contributed by atoms with E-state index in [1.807, 2.05) is 42.5 Å². The van der Waals surface area contributed by atoms with Crippen molar-refractivity contribution in [3.63, 3.8) is 0 Å². The Morgan fingerprint density at radius 3 is 2.60 bits per heavy atom. The molecule has 0 spiro atoms. The second kappa shape index (κ2) is 7.80. The minimum atomic E-state index is 0.0506. The summed E-state index contributed by atoms with van der Waals surface area (Å²) in [7, 11) is 1.63. The van der Waals surface area contributed by atoms with Gasteiger partial charge in [0.2, 0.25) is 0 Å². The van der Waals surface area contributed by atoms with E-state index >= 15 is 0 Å². The van der Waals surface area contributed by atoms with Gasteiger partial charge in [0.15, 0.2) is 5.78 Å². The number of hydrogen-bond acceptors (Lipinski definition) is 4. The van der Waals surface area contributed by atoms with Gasteiger partial charge in [0.25, 0.3) is 0 Å². The van der Waals surface area contributed by atoms with Gasteiger partial charge in [-0.25, -0.2) is 0 Å². The highest BCUT2D eigenvalue weighted by Gasteiger charge is 2.31. The first kappa shape index (κ1) is 19.2. The number of hydrogen-bond donors (Lipinski definition) is 0. The number of piperidine rings is 1. The van der Waals surface area contributed by atoms with Crippen LogP contribution in [0.4, 0.5) is 0 Å². The molecular weight excluding hydrogens is 376 g/mol. The van der Waals surface area contributed by atoms with Gasteiger partial charge in [-0.05, 0) is 63.2 Å². The maximum Gasteiger partial charge on any atom is 0.195 e. The lowest BCUT2D eigenvalue weighted by Crippen LogP contribution is -2.38. The van der Waals surface area contributed by atoms with Crippen LogP contribution in [0.25, 0.3) is 10.9 Å². The van der Waals surface area contributed by atoms with Gasteiger partial charge in [-0.3, -0.25) is 4.79 Å². The highest BCUT2D eigenvalue weighted by Crippen LogP contribution is 2.39. The average molecular weight is 405 g/mol. The van der Waals surface area contributed by atoms with Gasteiger partial charge >= 0.3 is 0 Å². The summed E-state index contributed by atoms with van der Waals surface area (Å²) in [6.45, 7) is 6.00. The van der Waals surface area contributed by atoms with Gasteiger partial charge in [0.05, 0.1) is 24.2 Å². The molecule has 5 nitrogen and oxygen atoms in total. The van der Waals surface area contributed by atoms with Crippen LogP contribution in [0.1, 0.15) is 46.9 Å². The lowest BCUT2D eigenvalue weighted by atomic mass is 10.0. The Balaban J connectivity index is 1.58. The largest absolute Gasteiger partial charge is 0.497 e. The third-order valence-corrected chi connectivity index (χ3v) is 6.53. The number of nitrogens with zero attached hydrogens (tertiary/aromatic N) is 2. The summed E-state index contributed by atoms with van der Waals surface area (Å²) in [4.78, 5) is 16.1. The van der Waals surface area contributed by atoms with E-state index in [1.54, 1.807) is 7.11 Å². The van der Waals surface area contributed by atoms with Crippen LogP contribution in [0.2, 0.25) is 0 Å². The monoisotopic (exact) mass is 404 g/mol. The maximum absolute atomic E-state index is 13.5. The van der Waals surface area contributed by atoms with Gasteiger partial charge in [-0.1, -0.05) is 18.6 Å². The number of para-hydroxylation sites is 1. The van der Waals surface area contributed by atoms with Crippen LogP contribution in [0.15, 0.2) is 42.5 Å². The molecule has 1 atom stereocenters. The van der Waals surface area contributed by atoms with Gasteiger partial charge in [-0.15, -0.1) is 0 Å². The Labute approximate surface area is 177 Å². The smallest absolute Gasteiger partial charge is 0.195 e. The fourth-order valence-corrected chi connectivity index (χ4v) is 5.04. The zero-order valence-corrected chi connectivity index (χ0v) is 17.7. The fourth-order valence-electron chi connectivity index (χ4n) is 5.04. The molecule has 30 heavy (non-hydrogen) atoms. The van der Waals surface area contributed by atoms with Gasteiger partial charge in [0.1, 0.15) is 18.1 Å². The topological polar surface area (TPSA) is 43.7 Å². The average Bonchev–Trinajstić information content (AvgIpc) is 3.09. The van der Waals surface area contributed by atoms with E-state index in [1.165, 1.54) is 19.3 Å². The molecule has 2 aromatic carbocycles. The molecule has 0 amide bonds. The van der Waals surface area contributed by atoms with E-state index in [-0.39, 0.29) is 11.8 Å². The minimum Gasteiger partial charge on any atom is -0.497 e. The molecule has 1 unspecified atom stereocenters. The normalized spacial score (nSPS) is 18.9. The number of aromatic nitrogens is 1. The summed E-state index contributed by atoms with van der Waals surface area (Å²) in [6, 6.07) is 13.6. The molecule has 1 fully saturated rings. The molecule has 5 heteroatoms. The molecule has 3 aromatic rings. The predicted molar refractivity (Wildman–Crippen MR) is 118 cm³/mol. The number of ketones is 1. The van der Waals surface area contributed by atoms with Crippen LogP contribution < -0.4 is 9.47 Å². The zero-order chi connectivity index (χ0) is 20.7. The number of ether oxygens (including phenoxy) is 2. The Hall–Kier alpha value is -2.79. The van der Waals surface area contributed by atoms with E-state index in [4.69, 9.17) is 9.47 Å². The molecule has 0 N–H and O–H groups in total. The van der Waals surface area contributed by atoms with Crippen molar-refractivity contribution in [2.75, 3.05) is 33.4 Å². The van der Waals surface area contributed by atoms with Crippen molar-refractivity contribution < 1.29 is 14.3 Å². The lowest BCUT2D eigenvalue weighted by molar-refractivity contribution is 0.103. The van der Waals surface area contributed by atoms with Crippen molar-refractivity contribution in [2.45, 2.75) is 32.2 Å². The predicted octanol–water partition coefficient (Wildman–Crippen LogP) is 4.61. The molecular formula is C25H28N2O3. The Bertz CT molecular complexity index is 1080. The van der Waals surface area contributed by atoms with E-state index < -0.39 is 0 Å². The number of carbonyl (C=O) groups is 1. The molecule has 5 rings (SSSR count). The molecule has 156 valence electrons. The van der Waals surface area contributed by atoms with E-state index in [2.05, 4.69) is 16.4 Å². The van der Waals surface area contributed by atoms with Crippen LogP contribution in [0.5, 0.6) is 11.5 Å². The van der Waals surface area contributed by atoms with Gasteiger partial charge in [0, 0.05) is 23.2 Å². The Morgan fingerprint density at radius 2 is 1.87 bits per heavy atom. The summed E-state index contributed by atoms with van der Waals surface area (Å²) >= 11 is 0. The molecule has 0 bridgehead atoms. The van der Waals surface area contributed by atoms with Crippen LogP contribution in [-0.4, -0.2) is 48.6 Å². The quantitative estimate of drug-likeness (QED) is 0.583. The SMILES string of the molecule is COc1ccc(C(=O)c2c(C)n3c4c(cccc24)OCC3CN2CCCCC2)cc1. The van der Waals surface area contributed by atoms with Gasteiger partial charge < -0.3 is 18.9 Å². The number of benzene rings is 2. The highest BCUT2D eigenvalue weighted by atomic mass is 16.5. The number of methoxy groups -OCH3 is 1. The molecule has 0 aliphatic carbocycles. The lowest BCUT2D eigenvalue weighted by Gasteiger charge is -2.34. The summed E-state index contributed by atoms with van der Waals surface area (Å²) in [5.74, 6) is 1.68. The van der Waals surface area contributed by atoms with E-state index in [0.29, 0.717) is 12.2 Å². The summed E-state index contributed by atoms with van der Waals surface area (Å²) in [6.07, 6.45) is 3.87. The minimum absolute atomic E-state index is 0.0506. The molecule has 0 radical (unpaired) electrons. The second-order valence-electron chi connectivity index (χ2n) is 8.37. The zero-order valence-electron chi connectivity index (χ0n) is 17.7. The second-order valence-corrected chi connectivity index (χ2v) is 8.37. The fraction of sp³-hybridized carbons (Fsp3) is 0.400. The molecule has 1 saturated heterocycles. The molecule has 1 aromatic heterocycles. The van der Waals surface area contributed by atoms with Crippen molar-refractivity contribution in [3.05, 3.63) is 59.3 Å². The third kappa shape index (κ3) is 3.18. The standard InChI is InChI=1S/C25H28N2O3/c1-17-23(25(28)18-9-11-20(29-2)12-10-18)21-7-6-8-22-24(21)27(17)19(16-30-22)15-26-13-4-3-5-14-26/h6-12,19H,3-5,13-16H2,1-2H3. The van der Waals surface area contributed by atoms with Crippen molar-refractivity contribution in [2.24, 2.45) is 0 Å². The molecule has 3 heterocycles. The third-order valence-electron chi connectivity index (χ3n) is 6.53. The highest BCUT2D eigenvalue weighted by molar-refractivity contribution is 6.18. The first-order valence-electron chi connectivity index (χ1n) is 10.8. The first-order valence-corrected chi connectivity index (χ1v) is 10.8. The molecule has 0 saturated carbocycles. The maximum atomic E-state index is 13.5. The van der Waals surface area contributed by atoms with Crippen molar-refractivity contribution >= 4 is 16.7 Å². The van der Waals surface area contributed by atoms with Crippen LogP contribution in [0, 0.1) is 6.92 Å². The number of carbonyl (C=O) groups excluding carboxylic acids is 1. The van der Waals surface area contributed by atoms with Crippen molar-refractivity contribution in [1.29, 1.82) is 0 Å². The van der Waals surface area contributed by atoms with E-state index in [9.17, 15) is 4.79 Å². The van der Waals surface area contributed by atoms with E-state index in [0.717, 1.165) is 53.3 Å².